The van der Waals surface area contributed by atoms with E-state index in [4.69, 9.17) is 0 Å². The summed E-state index contributed by atoms with van der Waals surface area (Å²) in [5, 5.41) is 0. The van der Waals surface area contributed by atoms with Gasteiger partial charge < -0.3 is 4.90 Å². The summed E-state index contributed by atoms with van der Waals surface area (Å²) in [6, 6.07) is 5.77. The van der Waals surface area contributed by atoms with Gasteiger partial charge in [0.2, 0.25) is 5.91 Å². The SMILES string of the molecule is CN1C(=O)CCc2cc(C(=O)C3CCC3)ccc21. The van der Waals surface area contributed by atoms with Crippen LogP contribution in [0.5, 0.6) is 0 Å². The Labute approximate surface area is 107 Å². The van der Waals surface area contributed by atoms with Crippen LogP contribution in [0.2, 0.25) is 0 Å². The molecule has 0 unspecified atom stereocenters. The quantitative estimate of drug-likeness (QED) is 0.749. The molecule has 0 aromatic heterocycles. The number of fused-ring (bicyclic) bond motifs is 1. The Morgan fingerprint density at radius 1 is 1.28 bits per heavy atom. The minimum absolute atomic E-state index is 0.153. The first-order chi connectivity index (χ1) is 8.66. The first-order valence-electron chi connectivity index (χ1n) is 6.60. The molecule has 0 spiro atoms. The van der Waals surface area contributed by atoms with Crippen LogP contribution >= 0.6 is 0 Å². The van der Waals surface area contributed by atoms with Crippen molar-refractivity contribution in [3.8, 4) is 0 Å². The van der Waals surface area contributed by atoms with Crippen LogP contribution in [0.1, 0.15) is 41.6 Å². The number of anilines is 1. The Morgan fingerprint density at radius 3 is 2.72 bits per heavy atom. The highest BCUT2D eigenvalue weighted by atomic mass is 16.2. The molecule has 1 amide bonds. The number of benzene rings is 1. The van der Waals surface area contributed by atoms with Crippen LogP contribution in [0.15, 0.2) is 18.2 Å². The van der Waals surface area contributed by atoms with E-state index in [0.717, 1.165) is 36.1 Å². The van der Waals surface area contributed by atoms with Gasteiger partial charge in [-0.2, -0.15) is 0 Å². The number of amides is 1. The molecule has 0 bridgehead atoms. The summed E-state index contributed by atoms with van der Waals surface area (Å²) in [6.45, 7) is 0. The minimum Gasteiger partial charge on any atom is -0.315 e. The average Bonchev–Trinajstić information content (AvgIpc) is 2.31. The zero-order chi connectivity index (χ0) is 12.7. The largest absolute Gasteiger partial charge is 0.315 e. The molecular weight excluding hydrogens is 226 g/mol. The molecule has 94 valence electrons. The van der Waals surface area contributed by atoms with E-state index in [1.807, 2.05) is 18.2 Å². The third-order valence-corrected chi connectivity index (χ3v) is 4.18. The van der Waals surface area contributed by atoms with Gasteiger partial charge in [0, 0.05) is 30.6 Å². The van der Waals surface area contributed by atoms with Crippen molar-refractivity contribution in [3.63, 3.8) is 0 Å². The number of hydrogen-bond acceptors (Lipinski definition) is 2. The molecule has 3 heteroatoms. The minimum atomic E-state index is 0.153. The van der Waals surface area contributed by atoms with E-state index in [1.54, 1.807) is 11.9 Å². The van der Waals surface area contributed by atoms with Crippen molar-refractivity contribution in [2.45, 2.75) is 32.1 Å². The molecule has 1 aromatic rings. The first kappa shape index (κ1) is 11.5. The maximum Gasteiger partial charge on any atom is 0.227 e. The molecule has 1 saturated carbocycles. The summed E-state index contributed by atoms with van der Waals surface area (Å²) < 4.78 is 0. The van der Waals surface area contributed by atoms with E-state index in [-0.39, 0.29) is 17.6 Å². The average molecular weight is 243 g/mol. The van der Waals surface area contributed by atoms with Crippen molar-refractivity contribution < 1.29 is 9.59 Å². The third kappa shape index (κ3) is 1.74. The predicted molar refractivity (Wildman–Crippen MR) is 69.8 cm³/mol. The molecule has 1 heterocycles. The van der Waals surface area contributed by atoms with Crippen LogP contribution in [0.3, 0.4) is 0 Å². The molecule has 0 atom stereocenters. The topological polar surface area (TPSA) is 37.4 Å². The van der Waals surface area contributed by atoms with Crippen molar-refractivity contribution >= 4 is 17.4 Å². The lowest BCUT2D eigenvalue weighted by Gasteiger charge is -2.27. The molecule has 2 aliphatic rings. The van der Waals surface area contributed by atoms with E-state index in [1.165, 1.54) is 6.42 Å². The normalized spacial score (nSPS) is 19.4. The predicted octanol–water partition coefficient (Wildman–Crippen LogP) is 2.58. The summed E-state index contributed by atoms with van der Waals surface area (Å²) in [5.74, 6) is 0.676. The fourth-order valence-corrected chi connectivity index (χ4v) is 2.72. The summed E-state index contributed by atoms with van der Waals surface area (Å²) in [7, 11) is 1.80. The molecule has 1 aromatic carbocycles. The van der Waals surface area contributed by atoms with E-state index in [0.29, 0.717) is 6.42 Å². The molecule has 0 radical (unpaired) electrons. The maximum absolute atomic E-state index is 12.2. The second-order valence-corrected chi connectivity index (χ2v) is 5.29. The fraction of sp³-hybridized carbons (Fsp3) is 0.467. The highest BCUT2D eigenvalue weighted by molar-refractivity contribution is 6.01. The molecule has 18 heavy (non-hydrogen) atoms. The smallest absolute Gasteiger partial charge is 0.227 e. The van der Waals surface area contributed by atoms with E-state index < -0.39 is 0 Å². The number of Topliss-reactive ketones (excluding diaryl/α,β-unsaturated/α-hetero) is 1. The molecule has 3 nitrogen and oxygen atoms in total. The van der Waals surface area contributed by atoms with Crippen molar-refractivity contribution in [2.24, 2.45) is 5.92 Å². The number of rotatable bonds is 2. The zero-order valence-corrected chi connectivity index (χ0v) is 10.6. The second kappa shape index (κ2) is 4.23. The first-order valence-corrected chi connectivity index (χ1v) is 6.60. The lowest BCUT2D eigenvalue weighted by atomic mass is 9.79. The highest BCUT2D eigenvalue weighted by Crippen LogP contribution is 2.32. The van der Waals surface area contributed by atoms with Gasteiger partial charge in [-0.1, -0.05) is 6.42 Å². The van der Waals surface area contributed by atoms with Gasteiger partial charge in [0.25, 0.3) is 0 Å². The third-order valence-electron chi connectivity index (χ3n) is 4.18. The summed E-state index contributed by atoms with van der Waals surface area (Å²) in [5.41, 5.74) is 2.90. The number of hydrogen-bond donors (Lipinski definition) is 0. The van der Waals surface area contributed by atoms with Crippen molar-refractivity contribution in [1.29, 1.82) is 0 Å². The molecule has 3 rings (SSSR count). The molecule has 1 fully saturated rings. The molecule has 1 aliphatic carbocycles. The van der Waals surface area contributed by atoms with Crippen molar-refractivity contribution in [2.75, 3.05) is 11.9 Å². The van der Waals surface area contributed by atoms with Gasteiger partial charge in [-0.25, -0.2) is 0 Å². The molecule has 1 aliphatic heterocycles. The number of aryl methyl sites for hydroxylation is 1. The molecule has 0 N–H and O–H groups in total. The van der Waals surface area contributed by atoms with E-state index in [9.17, 15) is 9.59 Å². The van der Waals surface area contributed by atoms with Crippen LogP contribution < -0.4 is 4.90 Å². The van der Waals surface area contributed by atoms with E-state index in [2.05, 4.69) is 0 Å². The maximum atomic E-state index is 12.2. The fourth-order valence-electron chi connectivity index (χ4n) is 2.72. The number of nitrogens with zero attached hydrogens (tertiary/aromatic N) is 1. The van der Waals surface area contributed by atoms with Crippen LogP contribution in [-0.4, -0.2) is 18.7 Å². The van der Waals surface area contributed by atoms with Crippen molar-refractivity contribution in [1.82, 2.24) is 0 Å². The van der Waals surface area contributed by atoms with Gasteiger partial charge in [-0.3, -0.25) is 9.59 Å². The Morgan fingerprint density at radius 2 is 2.06 bits per heavy atom. The lowest BCUT2D eigenvalue weighted by molar-refractivity contribution is -0.118. The second-order valence-electron chi connectivity index (χ2n) is 5.29. The molecule has 0 saturated heterocycles. The summed E-state index contributed by atoms with van der Waals surface area (Å²) >= 11 is 0. The molecular formula is C15H17NO2. The van der Waals surface area contributed by atoms with E-state index >= 15 is 0 Å². The number of carbonyl (C=O) groups excluding carboxylic acids is 2. The van der Waals surface area contributed by atoms with Gasteiger partial charge in [0.05, 0.1) is 0 Å². The summed E-state index contributed by atoms with van der Waals surface area (Å²) in [6.07, 6.45) is 4.55. The van der Waals surface area contributed by atoms with Crippen LogP contribution in [0, 0.1) is 5.92 Å². The Hall–Kier alpha value is -1.64. The number of carbonyl (C=O) groups is 2. The van der Waals surface area contributed by atoms with Gasteiger partial charge in [-0.15, -0.1) is 0 Å². The Bertz CT molecular complexity index is 517. The van der Waals surface area contributed by atoms with Gasteiger partial charge in [0.1, 0.15) is 0 Å². The highest BCUT2D eigenvalue weighted by Gasteiger charge is 2.28. The van der Waals surface area contributed by atoms with Crippen molar-refractivity contribution in [3.05, 3.63) is 29.3 Å². The summed E-state index contributed by atoms with van der Waals surface area (Å²) in [4.78, 5) is 25.5. The van der Waals surface area contributed by atoms with Crippen LogP contribution in [0.4, 0.5) is 5.69 Å². The zero-order valence-electron chi connectivity index (χ0n) is 10.6. The lowest BCUT2D eigenvalue weighted by Crippen LogP contribution is -2.31. The van der Waals surface area contributed by atoms with Crippen LogP contribution in [0.25, 0.3) is 0 Å². The number of ketones is 1. The Balaban J connectivity index is 1.91. The van der Waals surface area contributed by atoms with Gasteiger partial charge >= 0.3 is 0 Å². The van der Waals surface area contributed by atoms with Gasteiger partial charge in [0.15, 0.2) is 5.78 Å². The van der Waals surface area contributed by atoms with Crippen LogP contribution in [-0.2, 0) is 11.2 Å². The monoisotopic (exact) mass is 243 g/mol. The van der Waals surface area contributed by atoms with Gasteiger partial charge in [-0.05, 0) is 43.0 Å². The standard InChI is InChI=1S/C15H17NO2/c1-16-13-7-5-12(15(18)10-3-2-4-10)9-11(13)6-8-14(16)17/h5,7,9-10H,2-4,6,8H2,1H3. The Kier molecular flexibility index (Phi) is 2.69.